The Balaban J connectivity index is 2.26. The van der Waals surface area contributed by atoms with Gasteiger partial charge in [0.25, 0.3) is 0 Å². The summed E-state index contributed by atoms with van der Waals surface area (Å²) in [5.41, 5.74) is 3.97. The van der Waals surface area contributed by atoms with E-state index in [0.29, 0.717) is 17.5 Å². The highest BCUT2D eigenvalue weighted by Crippen LogP contribution is 2.29. The smallest absolute Gasteiger partial charge is 0.197 e. The molecule has 0 bridgehead atoms. The zero-order valence-electron chi connectivity index (χ0n) is 9.29. The highest BCUT2D eigenvalue weighted by atomic mass is 35.5. The molecule has 0 saturated heterocycles. The fourth-order valence-corrected chi connectivity index (χ4v) is 2.19. The topological polar surface area (TPSA) is 51.2 Å². The molecule has 0 amide bonds. The number of hydrogen-bond acceptors (Lipinski definition) is 3. The second-order valence-electron chi connectivity index (χ2n) is 3.79. The zero-order valence-corrected chi connectivity index (χ0v) is 10.8. The van der Waals surface area contributed by atoms with Gasteiger partial charge in [-0.3, -0.25) is 11.3 Å². The normalized spacial score (nSPS) is 12.7. The zero-order chi connectivity index (χ0) is 13.1. The van der Waals surface area contributed by atoms with Gasteiger partial charge in [0.15, 0.2) is 5.22 Å². The van der Waals surface area contributed by atoms with Crippen LogP contribution in [0.4, 0.5) is 4.39 Å². The second kappa shape index (κ2) is 5.71. The van der Waals surface area contributed by atoms with Crippen LogP contribution in [0.5, 0.6) is 0 Å². The van der Waals surface area contributed by atoms with Crippen molar-refractivity contribution in [3.8, 4) is 0 Å². The summed E-state index contributed by atoms with van der Waals surface area (Å²) in [4.78, 5) is 0. The van der Waals surface area contributed by atoms with Gasteiger partial charge in [0.2, 0.25) is 0 Å². The minimum absolute atomic E-state index is 0.0948. The van der Waals surface area contributed by atoms with E-state index in [4.69, 9.17) is 33.5 Å². The molecular formula is C12H11Cl2FN2O. The number of nitrogens with two attached hydrogens (primary N) is 1. The molecule has 2 aromatic rings. The van der Waals surface area contributed by atoms with Crippen molar-refractivity contribution in [2.24, 2.45) is 5.84 Å². The van der Waals surface area contributed by atoms with Gasteiger partial charge >= 0.3 is 0 Å². The first-order chi connectivity index (χ1) is 8.63. The number of hydrogen-bond donors (Lipinski definition) is 2. The van der Waals surface area contributed by atoms with E-state index >= 15 is 0 Å². The van der Waals surface area contributed by atoms with Crippen LogP contribution in [0, 0.1) is 5.82 Å². The monoisotopic (exact) mass is 288 g/mol. The first-order valence-electron chi connectivity index (χ1n) is 5.25. The van der Waals surface area contributed by atoms with Crippen molar-refractivity contribution in [1.29, 1.82) is 0 Å². The maximum atomic E-state index is 13.3. The van der Waals surface area contributed by atoms with Crippen molar-refractivity contribution in [2.75, 3.05) is 0 Å². The van der Waals surface area contributed by atoms with Crippen LogP contribution >= 0.6 is 23.2 Å². The third-order valence-electron chi connectivity index (χ3n) is 2.68. The fraction of sp³-hybridized carbons (Fsp3) is 0.167. The summed E-state index contributed by atoms with van der Waals surface area (Å²) in [6.45, 7) is 0. The largest absolute Gasteiger partial charge is 0.453 e. The van der Waals surface area contributed by atoms with Gasteiger partial charge in [-0.1, -0.05) is 23.7 Å². The lowest BCUT2D eigenvalue weighted by Gasteiger charge is -2.15. The molecule has 3 N–H and O–H groups in total. The maximum absolute atomic E-state index is 13.3. The summed E-state index contributed by atoms with van der Waals surface area (Å²) in [5, 5.41) is 0.350. The summed E-state index contributed by atoms with van der Waals surface area (Å²) >= 11 is 11.8. The molecule has 96 valence electrons. The SMILES string of the molecule is NNC(Cc1cccc(F)c1Cl)c1ccoc1Cl. The van der Waals surface area contributed by atoms with Crippen molar-refractivity contribution < 1.29 is 8.81 Å². The lowest BCUT2D eigenvalue weighted by molar-refractivity contribution is 0.525. The number of furan rings is 1. The third-order valence-corrected chi connectivity index (χ3v) is 3.41. The second-order valence-corrected chi connectivity index (χ2v) is 4.51. The lowest BCUT2D eigenvalue weighted by Crippen LogP contribution is -2.29. The van der Waals surface area contributed by atoms with E-state index in [-0.39, 0.29) is 16.3 Å². The van der Waals surface area contributed by atoms with Crippen molar-refractivity contribution in [1.82, 2.24) is 5.43 Å². The summed E-state index contributed by atoms with van der Waals surface area (Å²) in [6, 6.07) is 6.06. The quantitative estimate of drug-likeness (QED) is 0.669. The molecule has 0 aliphatic heterocycles. The van der Waals surface area contributed by atoms with Gasteiger partial charge in [0.05, 0.1) is 17.3 Å². The average molecular weight is 289 g/mol. The Morgan fingerprint density at radius 2 is 2.11 bits per heavy atom. The molecule has 0 spiro atoms. The average Bonchev–Trinajstić information content (AvgIpc) is 2.77. The summed E-state index contributed by atoms with van der Waals surface area (Å²) in [7, 11) is 0. The van der Waals surface area contributed by atoms with Crippen molar-refractivity contribution >= 4 is 23.2 Å². The summed E-state index contributed by atoms with van der Waals surface area (Å²) in [5.74, 6) is 5.03. The molecule has 1 heterocycles. The number of nitrogens with one attached hydrogen (secondary N) is 1. The number of rotatable bonds is 4. The van der Waals surface area contributed by atoms with E-state index in [1.54, 1.807) is 18.2 Å². The molecule has 0 fully saturated rings. The first kappa shape index (κ1) is 13.4. The van der Waals surface area contributed by atoms with E-state index in [2.05, 4.69) is 5.43 Å². The third kappa shape index (κ3) is 2.67. The van der Waals surface area contributed by atoms with Crippen LogP contribution in [-0.4, -0.2) is 0 Å². The van der Waals surface area contributed by atoms with Gasteiger partial charge in [-0.2, -0.15) is 0 Å². The van der Waals surface area contributed by atoms with E-state index in [9.17, 15) is 4.39 Å². The minimum atomic E-state index is -0.455. The molecule has 1 unspecified atom stereocenters. The lowest BCUT2D eigenvalue weighted by atomic mass is 10.0. The Bertz CT molecular complexity index is 545. The maximum Gasteiger partial charge on any atom is 0.197 e. The predicted octanol–water partition coefficient (Wildman–Crippen LogP) is 3.47. The fourth-order valence-electron chi connectivity index (χ4n) is 1.74. The molecule has 1 aromatic heterocycles. The van der Waals surface area contributed by atoms with Crippen molar-refractivity contribution in [3.63, 3.8) is 0 Å². The van der Waals surface area contributed by atoms with Crippen LogP contribution in [0.3, 0.4) is 0 Å². The first-order valence-corrected chi connectivity index (χ1v) is 6.01. The van der Waals surface area contributed by atoms with Gasteiger partial charge in [-0.25, -0.2) is 4.39 Å². The number of halogens is 3. The van der Waals surface area contributed by atoms with Crippen LogP contribution in [0.15, 0.2) is 34.9 Å². The van der Waals surface area contributed by atoms with Gasteiger partial charge in [0, 0.05) is 5.56 Å². The minimum Gasteiger partial charge on any atom is -0.453 e. The highest BCUT2D eigenvalue weighted by molar-refractivity contribution is 6.31. The van der Waals surface area contributed by atoms with Crippen molar-refractivity contribution in [2.45, 2.75) is 12.5 Å². The highest BCUT2D eigenvalue weighted by Gasteiger charge is 2.18. The molecule has 0 aliphatic carbocycles. The van der Waals surface area contributed by atoms with E-state index in [1.807, 2.05) is 0 Å². The van der Waals surface area contributed by atoms with Crippen LogP contribution in [0.25, 0.3) is 0 Å². The Hall–Kier alpha value is -1.07. The molecule has 0 aliphatic rings. The van der Waals surface area contributed by atoms with Crippen molar-refractivity contribution in [3.05, 3.63) is 57.7 Å². The Kier molecular flexibility index (Phi) is 4.24. The van der Waals surface area contributed by atoms with Gasteiger partial charge < -0.3 is 4.42 Å². The molecule has 6 heteroatoms. The molecule has 0 saturated carbocycles. The van der Waals surface area contributed by atoms with E-state index in [0.717, 1.165) is 0 Å². The molecule has 0 radical (unpaired) electrons. The summed E-state index contributed by atoms with van der Waals surface area (Å²) in [6.07, 6.45) is 1.88. The van der Waals surface area contributed by atoms with E-state index in [1.165, 1.54) is 12.3 Å². The van der Waals surface area contributed by atoms with E-state index < -0.39 is 5.82 Å². The standard InChI is InChI=1S/C12H11Cl2FN2O/c13-11-7(2-1-3-9(11)15)6-10(17-16)8-4-5-18-12(8)14/h1-5,10,17H,6,16H2. The molecule has 2 rings (SSSR count). The molecule has 1 atom stereocenters. The van der Waals surface area contributed by atoms with Crippen LogP contribution in [0.1, 0.15) is 17.2 Å². The molecule has 3 nitrogen and oxygen atoms in total. The number of hydrazine groups is 1. The van der Waals surface area contributed by atoms with Crippen LogP contribution in [0.2, 0.25) is 10.2 Å². The van der Waals surface area contributed by atoms with Crippen LogP contribution < -0.4 is 11.3 Å². The summed E-state index contributed by atoms with van der Waals surface area (Å²) < 4.78 is 18.3. The Morgan fingerprint density at radius 3 is 2.72 bits per heavy atom. The molecule has 18 heavy (non-hydrogen) atoms. The number of benzene rings is 1. The molecular weight excluding hydrogens is 278 g/mol. The Morgan fingerprint density at radius 1 is 1.33 bits per heavy atom. The van der Waals surface area contributed by atoms with Gasteiger partial charge in [0.1, 0.15) is 5.82 Å². The van der Waals surface area contributed by atoms with Crippen LogP contribution in [-0.2, 0) is 6.42 Å². The Labute approximate surface area is 114 Å². The predicted molar refractivity (Wildman–Crippen MR) is 68.9 cm³/mol. The molecule has 1 aromatic carbocycles. The van der Waals surface area contributed by atoms with Gasteiger partial charge in [-0.05, 0) is 35.7 Å². The van der Waals surface area contributed by atoms with Gasteiger partial charge in [-0.15, -0.1) is 0 Å².